The van der Waals surface area contributed by atoms with E-state index in [4.69, 9.17) is 9.84 Å². The summed E-state index contributed by atoms with van der Waals surface area (Å²) >= 11 is 0. The summed E-state index contributed by atoms with van der Waals surface area (Å²) in [6.45, 7) is 1.46. The van der Waals surface area contributed by atoms with Crippen LogP contribution in [0.2, 0.25) is 0 Å². The summed E-state index contributed by atoms with van der Waals surface area (Å²) in [4.78, 5) is 16.5. The lowest BCUT2D eigenvalue weighted by atomic mass is 9.99. The molecule has 120 valence electrons. The van der Waals surface area contributed by atoms with Gasteiger partial charge in [0.05, 0.1) is 6.10 Å². The van der Waals surface area contributed by atoms with Gasteiger partial charge in [0.2, 0.25) is 0 Å². The van der Waals surface area contributed by atoms with Gasteiger partial charge < -0.3 is 14.7 Å². The number of carbonyl (C=O) groups is 1. The first-order chi connectivity index (χ1) is 10.4. The predicted octanol–water partition coefficient (Wildman–Crippen LogP) is 2.12. The Labute approximate surface area is 126 Å². The number of carboxylic acid groups (broad SMARTS) is 1. The maximum absolute atomic E-state index is 13.6. The number of halogens is 2. The highest BCUT2D eigenvalue weighted by Crippen LogP contribution is 2.41. The van der Waals surface area contributed by atoms with Gasteiger partial charge >= 0.3 is 11.9 Å². The minimum absolute atomic E-state index is 0.207. The van der Waals surface area contributed by atoms with E-state index in [0.29, 0.717) is 24.2 Å². The number of fused-ring (bicyclic) bond motifs is 1. The molecule has 0 bridgehead atoms. The molecule has 1 saturated carbocycles. The first-order valence-electron chi connectivity index (χ1n) is 7.30. The lowest BCUT2D eigenvalue weighted by Gasteiger charge is -2.22. The number of alkyl halides is 2. The largest absolute Gasteiger partial charge is 0.476 e. The van der Waals surface area contributed by atoms with Crippen LogP contribution in [0.3, 0.4) is 0 Å². The Morgan fingerprint density at radius 2 is 2.18 bits per heavy atom. The number of hydrogen-bond acceptors (Lipinski definition) is 4. The Morgan fingerprint density at radius 1 is 1.41 bits per heavy atom. The van der Waals surface area contributed by atoms with Gasteiger partial charge in [-0.25, -0.2) is 9.78 Å². The summed E-state index contributed by atoms with van der Waals surface area (Å²) in [5.74, 6) is -4.89. The third kappa shape index (κ3) is 2.43. The molecule has 1 aromatic rings. The minimum Gasteiger partial charge on any atom is -0.476 e. The number of pyridine rings is 1. The molecular weight excluding hydrogens is 294 g/mol. The lowest BCUT2D eigenvalue weighted by Crippen LogP contribution is -2.29. The van der Waals surface area contributed by atoms with Crippen LogP contribution in [0.15, 0.2) is 18.2 Å². The molecule has 1 aliphatic carbocycles. The molecule has 1 aromatic heterocycles. The number of nitrogens with zero attached hydrogens (tertiary/aromatic N) is 2. The van der Waals surface area contributed by atoms with Crippen LogP contribution in [0.5, 0.6) is 0 Å². The Balaban J connectivity index is 1.81. The summed E-state index contributed by atoms with van der Waals surface area (Å²) < 4.78 is 32.7. The molecule has 3 rings (SSSR count). The zero-order chi connectivity index (χ0) is 15.9. The van der Waals surface area contributed by atoms with Gasteiger partial charge in [-0.3, -0.25) is 0 Å². The molecule has 5 nitrogen and oxygen atoms in total. The van der Waals surface area contributed by atoms with Gasteiger partial charge in [0, 0.05) is 26.1 Å². The van der Waals surface area contributed by atoms with Gasteiger partial charge in [0.15, 0.2) is 0 Å². The fourth-order valence-corrected chi connectivity index (χ4v) is 3.58. The first kappa shape index (κ1) is 15.1. The first-order valence-corrected chi connectivity index (χ1v) is 7.30. The van der Waals surface area contributed by atoms with Crippen molar-refractivity contribution in [1.82, 2.24) is 4.98 Å². The normalized spacial score (nSPS) is 28.0. The number of ether oxygens (including phenoxy) is 1. The highest BCUT2D eigenvalue weighted by molar-refractivity contribution is 5.76. The van der Waals surface area contributed by atoms with Crippen molar-refractivity contribution in [3.05, 3.63) is 23.9 Å². The number of methoxy groups -OCH3 is 1. The SMILES string of the molecule is CO[C@@H]1CC[C@@H]2CN(c3cccc(C(F)(F)C(=O)O)n3)C[C@@H]21. The number of anilines is 1. The van der Waals surface area contributed by atoms with Gasteiger partial charge in [-0.05, 0) is 30.9 Å². The zero-order valence-electron chi connectivity index (χ0n) is 12.2. The molecule has 1 aliphatic heterocycles. The fourth-order valence-electron chi connectivity index (χ4n) is 3.58. The van der Waals surface area contributed by atoms with Gasteiger partial charge in [-0.1, -0.05) is 6.07 Å². The molecule has 22 heavy (non-hydrogen) atoms. The van der Waals surface area contributed by atoms with Gasteiger partial charge in [-0.2, -0.15) is 8.78 Å². The predicted molar refractivity (Wildman–Crippen MR) is 75.0 cm³/mol. The second kappa shape index (κ2) is 5.46. The minimum atomic E-state index is -3.97. The third-order valence-corrected chi connectivity index (χ3v) is 4.74. The topological polar surface area (TPSA) is 62.7 Å². The van der Waals surface area contributed by atoms with Crippen molar-refractivity contribution in [2.24, 2.45) is 11.8 Å². The molecule has 2 aliphatic rings. The summed E-state index contributed by atoms with van der Waals surface area (Å²) in [5.41, 5.74) is -0.724. The fraction of sp³-hybridized carbons (Fsp3) is 0.600. The van der Waals surface area contributed by atoms with E-state index < -0.39 is 17.6 Å². The van der Waals surface area contributed by atoms with Gasteiger partial charge in [0.1, 0.15) is 11.5 Å². The Morgan fingerprint density at radius 3 is 2.86 bits per heavy atom. The Kier molecular flexibility index (Phi) is 3.76. The molecular formula is C15H18F2N2O3. The van der Waals surface area contributed by atoms with E-state index in [1.54, 1.807) is 13.2 Å². The second-order valence-electron chi connectivity index (χ2n) is 5.94. The Hall–Kier alpha value is -1.76. The van der Waals surface area contributed by atoms with Crippen LogP contribution in [0.1, 0.15) is 18.5 Å². The van der Waals surface area contributed by atoms with Gasteiger partial charge in [0.25, 0.3) is 0 Å². The van der Waals surface area contributed by atoms with Crippen LogP contribution < -0.4 is 4.90 Å². The second-order valence-corrected chi connectivity index (χ2v) is 5.94. The van der Waals surface area contributed by atoms with Crippen molar-refractivity contribution in [2.75, 3.05) is 25.1 Å². The number of carboxylic acids is 1. The third-order valence-electron chi connectivity index (χ3n) is 4.74. The van der Waals surface area contributed by atoms with Crippen molar-refractivity contribution in [3.8, 4) is 0 Å². The average Bonchev–Trinajstić information content (AvgIpc) is 3.07. The molecule has 2 heterocycles. The highest BCUT2D eigenvalue weighted by atomic mass is 19.3. The van der Waals surface area contributed by atoms with Gasteiger partial charge in [-0.15, -0.1) is 0 Å². The average molecular weight is 312 g/mol. The molecule has 0 amide bonds. The van der Waals surface area contributed by atoms with Crippen molar-refractivity contribution in [1.29, 1.82) is 0 Å². The van der Waals surface area contributed by atoms with Crippen LogP contribution >= 0.6 is 0 Å². The van der Waals surface area contributed by atoms with Crippen LogP contribution in [0.4, 0.5) is 14.6 Å². The number of aliphatic carboxylic acids is 1. The maximum Gasteiger partial charge on any atom is 0.384 e. The molecule has 0 aromatic carbocycles. The summed E-state index contributed by atoms with van der Waals surface area (Å²) in [5, 5.41) is 8.63. The van der Waals surface area contributed by atoms with E-state index in [-0.39, 0.29) is 6.10 Å². The Bertz CT molecular complexity index is 582. The van der Waals surface area contributed by atoms with E-state index >= 15 is 0 Å². The standard InChI is InChI=1S/C15H18F2N2O3/c1-22-11-6-5-9-7-19(8-10(9)11)13-4-2-3-12(18-13)15(16,17)14(20)21/h2-4,9-11H,5-8H2,1H3,(H,20,21)/t9-,10+,11-/m1/s1. The molecule has 7 heteroatoms. The lowest BCUT2D eigenvalue weighted by molar-refractivity contribution is -0.166. The summed E-state index contributed by atoms with van der Waals surface area (Å²) in [7, 11) is 1.70. The van der Waals surface area contributed by atoms with Crippen molar-refractivity contribution in [3.63, 3.8) is 0 Å². The van der Waals surface area contributed by atoms with Crippen LogP contribution in [-0.2, 0) is 15.5 Å². The van der Waals surface area contributed by atoms with Crippen molar-refractivity contribution < 1.29 is 23.4 Å². The van der Waals surface area contributed by atoms with Crippen molar-refractivity contribution >= 4 is 11.8 Å². The number of rotatable bonds is 4. The molecule has 0 spiro atoms. The summed E-state index contributed by atoms with van der Waals surface area (Å²) in [6.07, 6.45) is 2.30. The molecule has 2 fully saturated rings. The summed E-state index contributed by atoms with van der Waals surface area (Å²) in [6, 6.07) is 4.12. The van der Waals surface area contributed by atoms with Crippen LogP contribution in [0, 0.1) is 11.8 Å². The molecule has 1 saturated heterocycles. The monoisotopic (exact) mass is 312 g/mol. The van der Waals surface area contributed by atoms with E-state index in [1.807, 2.05) is 4.90 Å². The number of hydrogen-bond donors (Lipinski definition) is 1. The molecule has 3 atom stereocenters. The van der Waals surface area contributed by atoms with E-state index in [0.717, 1.165) is 25.5 Å². The maximum atomic E-state index is 13.6. The zero-order valence-corrected chi connectivity index (χ0v) is 12.2. The molecule has 0 radical (unpaired) electrons. The van der Waals surface area contributed by atoms with E-state index in [1.165, 1.54) is 6.07 Å². The van der Waals surface area contributed by atoms with Crippen LogP contribution in [-0.4, -0.2) is 42.4 Å². The van der Waals surface area contributed by atoms with Crippen molar-refractivity contribution in [2.45, 2.75) is 24.9 Å². The smallest absolute Gasteiger partial charge is 0.384 e. The van der Waals surface area contributed by atoms with E-state index in [2.05, 4.69) is 4.98 Å². The van der Waals surface area contributed by atoms with E-state index in [9.17, 15) is 13.6 Å². The number of aromatic nitrogens is 1. The molecule has 1 N–H and O–H groups in total. The highest BCUT2D eigenvalue weighted by Gasteiger charge is 2.45. The quantitative estimate of drug-likeness (QED) is 0.922. The van der Waals surface area contributed by atoms with Crippen LogP contribution in [0.25, 0.3) is 0 Å². The molecule has 0 unspecified atom stereocenters.